The summed E-state index contributed by atoms with van der Waals surface area (Å²) in [7, 11) is -5.85. The molecule has 0 N–H and O–H groups in total. The van der Waals surface area contributed by atoms with Gasteiger partial charge in [0.1, 0.15) is 23.4 Å². The quantitative estimate of drug-likeness (QED) is 0.143. The molecule has 2 fully saturated rings. The molecule has 2 unspecified atom stereocenters. The minimum absolute atomic E-state index is 0.0283. The molecule has 2 aliphatic heterocycles. The first-order chi connectivity index (χ1) is 25.1. The number of hydrogen-bond acceptors (Lipinski definition) is 5. The Morgan fingerprint density at radius 1 is 0.698 bits per heavy atom. The lowest BCUT2D eigenvalue weighted by atomic mass is 9.72. The summed E-state index contributed by atoms with van der Waals surface area (Å²) in [6.45, 7) is 22.8. The highest BCUT2D eigenvalue weighted by Crippen LogP contribution is 2.60. The molecule has 4 aromatic carbocycles. The second-order valence-electron chi connectivity index (χ2n) is 17.0. The van der Waals surface area contributed by atoms with E-state index in [-0.39, 0.29) is 10.6 Å². The molecule has 0 aromatic heterocycles. The average molecular weight is 749 g/mol. The van der Waals surface area contributed by atoms with E-state index in [1.165, 1.54) is 0 Å². The largest absolute Gasteiger partial charge is 0.413 e. The molecule has 0 saturated carbocycles. The predicted octanol–water partition coefficient (Wildman–Crippen LogP) is 11.6. The zero-order valence-electron chi connectivity index (χ0n) is 33.5. The van der Waals surface area contributed by atoms with Crippen LogP contribution < -0.4 is 0 Å². The fourth-order valence-corrected chi connectivity index (χ4v) is 12.7. The van der Waals surface area contributed by atoms with Crippen LogP contribution in [0, 0.1) is 0 Å². The summed E-state index contributed by atoms with van der Waals surface area (Å²) < 4.78 is 38.4. The van der Waals surface area contributed by atoms with Crippen LogP contribution in [-0.2, 0) is 34.0 Å². The molecule has 2 saturated heterocycles. The highest BCUT2D eigenvalue weighted by atomic mass is 28.4. The molecule has 0 aliphatic carbocycles. The van der Waals surface area contributed by atoms with Crippen LogP contribution in [-0.4, -0.2) is 41.5 Å². The lowest BCUT2D eigenvalue weighted by molar-refractivity contribution is -0.180. The Bertz CT molecular complexity index is 1640. The van der Waals surface area contributed by atoms with Gasteiger partial charge < -0.3 is 22.8 Å². The standard InChI is InChI=1S/C46H60O5Si2/c1-11-12-33-40(34-47-52(9,10)43(4,5)6)53(35(2)3)50-45(36-25-17-13-18-26-36,37-27-19-14-20-28-37)41-42(49-44(7,8)48-41)46(51-53,38-29-21-15-22-30-38)39-31-23-16-24-32-39/h13-33,35,41-42H,11-12,34H2,1-10H3/b40-33+. The number of benzene rings is 4. The third-order valence-corrected chi connectivity index (χ3v) is 20.1. The Labute approximate surface area is 321 Å². The molecule has 2 atom stereocenters. The predicted molar refractivity (Wildman–Crippen MR) is 220 cm³/mol. The van der Waals surface area contributed by atoms with Gasteiger partial charge in [0, 0.05) is 5.54 Å². The smallest absolute Gasteiger partial charge is 0.375 e. The first-order valence-electron chi connectivity index (χ1n) is 19.4. The molecular formula is C46H60O5Si2. The van der Waals surface area contributed by atoms with Crippen molar-refractivity contribution in [2.75, 3.05) is 6.61 Å². The summed E-state index contributed by atoms with van der Waals surface area (Å²) in [5.41, 5.74) is 1.72. The summed E-state index contributed by atoms with van der Waals surface area (Å²) in [5, 5.41) is 1.14. The third-order valence-electron chi connectivity index (χ3n) is 11.6. The molecule has 2 aliphatic rings. The lowest BCUT2D eigenvalue weighted by Gasteiger charge is -2.48. The van der Waals surface area contributed by atoms with E-state index in [1.807, 2.05) is 13.8 Å². The highest BCUT2D eigenvalue weighted by molar-refractivity contribution is 6.77. The zero-order valence-corrected chi connectivity index (χ0v) is 35.5. The first kappa shape index (κ1) is 39.5. The van der Waals surface area contributed by atoms with Crippen LogP contribution in [0.25, 0.3) is 0 Å². The van der Waals surface area contributed by atoms with Crippen LogP contribution in [0.2, 0.25) is 23.7 Å². The second-order valence-corrected chi connectivity index (χ2v) is 25.4. The summed E-state index contributed by atoms with van der Waals surface area (Å²) >= 11 is 0. The molecule has 0 bridgehead atoms. The average Bonchev–Trinajstić information content (AvgIpc) is 3.43. The number of ether oxygens (including phenoxy) is 2. The van der Waals surface area contributed by atoms with Gasteiger partial charge in [-0.05, 0) is 65.9 Å². The van der Waals surface area contributed by atoms with Crippen molar-refractivity contribution < 1.29 is 22.8 Å². The van der Waals surface area contributed by atoms with Crippen molar-refractivity contribution in [3.63, 3.8) is 0 Å². The van der Waals surface area contributed by atoms with Crippen LogP contribution in [0.15, 0.2) is 133 Å². The van der Waals surface area contributed by atoms with E-state index in [0.717, 1.165) is 40.3 Å². The summed E-state index contributed by atoms with van der Waals surface area (Å²) in [6, 6.07) is 42.5. The van der Waals surface area contributed by atoms with Gasteiger partial charge in [-0.15, -0.1) is 0 Å². The van der Waals surface area contributed by atoms with Crippen LogP contribution >= 0.6 is 0 Å². The lowest BCUT2D eigenvalue weighted by Crippen LogP contribution is -2.58. The zero-order chi connectivity index (χ0) is 38.1. The fraction of sp³-hybridized carbons (Fsp3) is 0.435. The van der Waals surface area contributed by atoms with Gasteiger partial charge >= 0.3 is 8.56 Å². The van der Waals surface area contributed by atoms with Crippen molar-refractivity contribution in [2.24, 2.45) is 0 Å². The van der Waals surface area contributed by atoms with E-state index in [2.05, 4.69) is 182 Å². The van der Waals surface area contributed by atoms with Crippen molar-refractivity contribution >= 4 is 16.9 Å². The maximum absolute atomic E-state index is 8.31. The molecule has 5 nitrogen and oxygen atoms in total. The molecule has 282 valence electrons. The van der Waals surface area contributed by atoms with Gasteiger partial charge in [-0.3, -0.25) is 0 Å². The van der Waals surface area contributed by atoms with E-state index in [1.54, 1.807) is 0 Å². The van der Waals surface area contributed by atoms with Gasteiger partial charge in [-0.2, -0.15) is 0 Å². The van der Waals surface area contributed by atoms with Crippen LogP contribution in [0.4, 0.5) is 0 Å². The summed E-state index contributed by atoms with van der Waals surface area (Å²) in [5.74, 6) is -0.947. The van der Waals surface area contributed by atoms with Crippen LogP contribution in [0.5, 0.6) is 0 Å². The number of rotatable bonds is 11. The molecule has 0 radical (unpaired) electrons. The maximum atomic E-state index is 8.31. The van der Waals surface area contributed by atoms with Crippen LogP contribution in [0.3, 0.4) is 0 Å². The number of unbranched alkanes of at least 4 members (excludes halogenated alkanes) is 1. The minimum atomic E-state index is -3.65. The normalized spacial score (nSPS) is 24.1. The van der Waals surface area contributed by atoms with Gasteiger partial charge in [0.15, 0.2) is 14.1 Å². The van der Waals surface area contributed by atoms with Crippen molar-refractivity contribution in [2.45, 2.75) is 121 Å². The highest BCUT2D eigenvalue weighted by Gasteiger charge is 2.71. The Balaban J connectivity index is 1.78. The topological polar surface area (TPSA) is 46.2 Å². The number of hydrogen-bond donors (Lipinski definition) is 0. The van der Waals surface area contributed by atoms with Crippen molar-refractivity contribution in [3.8, 4) is 0 Å². The molecule has 53 heavy (non-hydrogen) atoms. The number of allylic oxidation sites excluding steroid dienone is 1. The van der Waals surface area contributed by atoms with Crippen LogP contribution in [0.1, 0.15) is 90.5 Å². The minimum Gasteiger partial charge on any atom is -0.413 e. The maximum Gasteiger partial charge on any atom is 0.375 e. The van der Waals surface area contributed by atoms with E-state index in [0.29, 0.717) is 6.61 Å². The fourth-order valence-electron chi connectivity index (χ4n) is 7.77. The second kappa shape index (κ2) is 15.2. The third kappa shape index (κ3) is 7.22. The van der Waals surface area contributed by atoms with Gasteiger partial charge in [0.05, 0.1) is 6.61 Å². The molecular weight excluding hydrogens is 689 g/mol. The molecule has 2 heterocycles. The molecule has 0 spiro atoms. The summed E-state index contributed by atoms with van der Waals surface area (Å²) in [6.07, 6.45) is 3.01. The number of fused-ring (bicyclic) bond motifs is 1. The van der Waals surface area contributed by atoms with Crippen molar-refractivity contribution in [3.05, 3.63) is 155 Å². The molecule has 0 amide bonds. The monoisotopic (exact) mass is 748 g/mol. The SMILES string of the molecule is CCC/C=C(\CO[Si](C)(C)C(C)(C)C)[Si]1(C(C)C)OC(c2ccccc2)(c2ccccc2)C2OC(C)(C)OC2C(c2ccccc2)(c2ccccc2)O1. The summed E-state index contributed by atoms with van der Waals surface area (Å²) in [4.78, 5) is 0. The Hall–Kier alpha value is -3.15. The molecule has 7 heteroatoms. The van der Waals surface area contributed by atoms with Gasteiger partial charge in [-0.25, -0.2) is 0 Å². The Morgan fingerprint density at radius 3 is 1.36 bits per heavy atom. The van der Waals surface area contributed by atoms with Crippen molar-refractivity contribution in [1.82, 2.24) is 0 Å². The molecule has 4 aromatic rings. The first-order valence-corrected chi connectivity index (χ1v) is 24.2. The van der Waals surface area contributed by atoms with Gasteiger partial charge in [-0.1, -0.05) is 175 Å². The van der Waals surface area contributed by atoms with Gasteiger partial charge in [0.25, 0.3) is 0 Å². The van der Waals surface area contributed by atoms with Gasteiger partial charge in [0.2, 0.25) is 0 Å². The van der Waals surface area contributed by atoms with E-state index >= 15 is 0 Å². The Kier molecular flexibility index (Phi) is 11.3. The van der Waals surface area contributed by atoms with Crippen molar-refractivity contribution in [1.29, 1.82) is 0 Å². The molecule has 6 rings (SSSR count). The van der Waals surface area contributed by atoms with E-state index in [9.17, 15) is 0 Å². The van der Waals surface area contributed by atoms with E-state index in [4.69, 9.17) is 22.8 Å². The van der Waals surface area contributed by atoms with E-state index < -0.39 is 46.1 Å². The Morgan fingerprint density at radius 2 is 1.06 bits per heavy atom.